The van der Waals surface area contributed by atoms with E-state index in [0.717, 1.165) is 23.8 Å². The highest BCUT2D eigenvalue weighted by atomic mass is 28.3. The Hall–Kier alpha value is -4.97. The monoisotopic (exact) mass is 731 g/mol. The van der Waals surface area contributed by atoms with Crippen LogP contribution in [0.2, 0.25) is 18.6 Å². The lowest BCUT2D eigenvalue weighted by Crippen LogP contribution is -2.52. The van der Waals surface area contributed by atoms with Crippen molar-refractivity contribution in [2.24, 2.45) is 5.92 Å². The van der Waals surface area contributed by atoms with Crippen molar-refractivity contribution in [1.82, 2.24) is 4.90 Å². The third kappa shape index (κ3) is 5.55. The van der Waals surface area contributed by atoms with Gasteiger partial charge < -0.3 is 24.2 Å². The maximum atomic E-state index is 15.4. The fraction of sp³-hybridized carbons (Fsp3) is 0.357. The lowest BCUT2D eigenvalue weighted by atomic mass is 9.82. The van der Waals surface area contributed by atoms with Crippen LogP contribution in [0, 0.1) is 5.92 Å². The maximum Gasteiger partial charge on any atom is 0.269 e. The first kappa shape index (κ1) is 35.1. The number of hydrogen-bond donors (Lipinski definition) is 1. The number of carbonyl (C=O) groups is 3. The Kier molecular flexibility index (Phi) is 8.91. The summed E-state index contributed by atoms with van der Waals surface area (Å²) in [5, 5.41) is 11.3. The topological polar surface area (TPSA) is 109 Å². The molecule has 2 saturated heterocycles. The number of para-hydroxylation sites is 3. The van der Waals surface area contributed by atoms with E-state index < -0.39 is 19.8 Å². The Morgan fingerprint density at radius 1 is 0.925 bits per heavy atom. The Morgan fingerprint density at radius 2 is 1.66 bits per heavy atom. The van der Waals surface area contributed by atoms with Gasteiger partial charge >= 0.3 is 0 Å². The summed E-state index contributed by atoms with van der Waals surface area (Å²) in [6, 6.07) is 30.6. The first-order valence-electron chi connectivity index (χ1n) is 18.4. The number of carbonyl (C=O) groups excluding carboxylic acids is 3. The van der Waals surface area contributed by atoms with Crippen molar-refractivity contribution in [3.63, 3.8) is 0 Å². The number of benzene rings is 4. The summed E-state index contributed by atoms with van der Waals surface area (Å²) in [6.07, 6.45) is 1.09. The number of methoxy groups -OCH3 is 1. The van der Waals surface area contributed by atoms with Gasteiger partial charge in [-0.2, -0.15) is 0 Å². The molecule has 5 atom stereocenters. The van der Waals surface area contributed by atoms with Crippen molar-refractivity contribution >= 4 is 53.7 Å². The molecular formula is C42H45N3O7Si. The summed E-state index contributed by atoms with van der Waals surface area (Å²) in [4.78, 5) is 48.3. The number of ether oxygens (including phenoxy) is 3. The van der Waals surface area contributed by atoms with Gasteiger partial charge in [0.15, 0.2) is 12.2 Å². The van der Waals surface area contributed by atoms with Gasteiger partial charge in [0.1, 0.15) is 11.5 Å². The molecule has 4 aromatic carbocycles. The third-order valence-corrected chi connectivity index (χ3v) is 16.4. The quantitative estimate of drug-likeness (QED) is 0.221. The minimum absolute atomic E-state index is 0.0739. The highest BCUT2D eigenvalue weighted by Gasteiger charge is 2.67. The molecule has 0 aliphatic carbocycles. The van der Waals surface area contributed by atoms with Crippen molar-refractivity contribution in [2.75, 3.05) is 36.7 Å². The van der Waals surface area contributed by atoms with Crippen molar-refractivity contribution in [3.8, 4) is 11.5 Å². The predicted octanol–water partition coefficient (Wildman–Crippen LogP) is 6.02. The maximum absolute atomic E-state index is 15.4. The second-order valence-corrected chi connectivity index (χ2v) is 19.8. The van der Waals surface area contributed by atoms with Gasteiger partial charge in [0.05, 0.1) is 51.7 Å². The summed E-state index contributed by atoms with van der Waals surface area (Å²) in [7, 11) is -0.897. The molecule has 0 aromatic heterocycles. The van der Waals surface area contributed by atoms with Gasteiger partial charge in [-0.1, -0.05) is 67.7 Å². The first-order chi connectivity index (χ1) is 25.6. The number of amides is 3. The Labute approximate surface area is 310 Å². The Bertz CT molecular complexity index is 2060. The third-order valence-electron chi connectivity index (χ3n) is 12.0. The molecule has 2 fully saturated rings. The van der Waals surface area contributed by atoms with Gasteiger partial charge in [0, 0.05) is 29.4 Å². The van der Waals surface area contributed by atoms with E-state index in [2.05, 4.69) is 32.2 Å². The number of rotatable bonds is 8. The van der Waals surface area contributed by atoms with Gasteiger partial charge in [0.2, 0.25) is 5.91 Å². The van der Waals surface area contributed by atoms with Crippen molar-refractivity contribution in [3.05, 3.63) is 103 Å². The van der Waals surface area contributed by atoms with Crippen LogP contribution in [0.1, 0.15) is 31.7 Å². The highest BCUT2D eigenvalue weighted by Crippen LogP contribution is 2.61. The molecule has 8 rings (SSSR count). The number of nitrogens with zero attached hydrogens (tertiary/aromatic N) is 3. The summed E-state index contributed by atoms with van der Waals surface area (Å²) < 4.78 is 18.6. The molecule has 0 radical (unpaired) electrons. The van der Waals surface area contributed by atoms with Crippen LogP contribution >= 0.6 is 0 Å². The van der Waals surface area contributed by atoms with Crippen molar-refractivity contribution < 1.29 is 33.7 Å². The molecule has 4 heterocycles. The summed E-state index contributed by atoms with van der Waals surface area (Å²) in [5.41, 5.74) is 1.66. The van der Waals surface area contributed by atoms with Crippen molar-refractivity contribution in [2.45, 2.75) is 62.6 Å². The van der Waals surface area contributed by atoms with Crippen LogP contribution in [0.4, 0.5) is 22.7 Å². The molecule has 1 N–H and O–H groups in total. The smallest absolute Gasteiger partial charge is 0.269 e. The summed E-state index contributed by atoms with van der Waals surface area (Å²) in [6.45, 7) is 7.06. The summed E-state index contributed by atoms with van der Waals surface area (Å²) >= 11 is 0. The van der Waals surface area contributed by atoms with E-state index in [4.69, 9.17) is 14.2 Å². The molecule has 10 nitrogen and oxygen atoms in total. The number of aliphatic hydroxyl groups excluding tert-OH is 1. The molecule has 0 unspecified atom stereocenters. The normalized spacial score (nSPS) is 25.1. The zero-order valence-electron chi connectivity index (χ0n) is 30.5. The van der Waals surface area contributed by atoms with E-state index in [-0.39, 0.29) is 54.9 Å². The molecule has 4 aliphatic rings. The molecule has 3 amide bonds. The Balaban J connectivity index is 1.29. The zero-order valence-corrected chi connectivity index (χ0v) is 31.5. The van der Waals surface area contributed by atoms with Gasteiger partial charge in [-0.15, -0.1) is 0 Å². The number of hydrogen-bond acceptors (Lipinski definition) is 7. The molecule has 0 saturated carbocycles. The van der Waals surface area contributed by atoms with E-state index >= 15 is 4.79 Å². The summed E-state index contributed by atoms with van der Waals surface area (Å²) in [5.74, 6) is 0.483. The van der Waals surface area contributed by atoms with Crippen LogP contribution in [0.15, 0.2) is 97.1 Å². The fourth-order valence-electron chi connectivity index (χ4n) is 9.43. The highest BCUT2D eigenvalue weighted by molar-refractivity contribution is 6.91. The number of fused-ring (bicyclic) bond motifs is 3. The molecule has 1 spiro atoms. The molecule has 274 valence electrons. The zero-order chi connectivity index (χ0) is 37.1. The molecular weight excluding hydrogens is 687 g/mol. The number of anilines is 4. The average molecular weight is 732 g/mol. The fourth-order valence-corrected chi connectivity index (χ4v) is 13.4. The molecule has 11 heteroatoms. The van der Waals surface area contributed by atoms with Crippen LogP contribution in [0.3, 0.4) is 0 Å². The number of likely N-dealkylation sites (tertiary alicyclic amines) is 1. The molecule has 53 heavy (non-hydrogen) atoms. The van der Waals surface area contributed by atoms with Gasteiger partial charge in [0.25, 0.3) is 11.8 Å². The van der Waals surface area contributed by atoms with E-state index in [1.165, 1.54) is 0 Å². The van der Waals surface area contributed by atoms with Crippen molar-refractivity contribution in [1.29, 1.82) is 0 Å². The number of aliphatic hydroxyl groups is 1. The van der Waals surface area contributed by atoms with Gasteiger partial charge in [-0.05, 0) is 73.0 Å². The molecule has 4 aromatic rings. The molecule has 0 bridgehead atoms. The van der Waals surface area contributed by atoms with Gasteiger partial charge in [-0.25, -0.2) is 0 Å². The second-order valence-electron chi connectivity index (χ2n) is 15.1. The second kappa shape index (κ2) is 13.5. The lowest BCUT2D eigenvalue weighted by Gasteiger charge is -2.37. The van der Waals surface area contributed by atoms with E-state index in [0.29, 0.717) is 40.6 Å². The minimum atomic E-state index is -2.54. The SMILES string of the molecule is COc1ccc([Si](C)(C)[C@H]2[C@H](CC(=O)N3CCC[C@H]3CO)O[C@@]3(C(=O)N(c4ccccc4)c4ccc(N5C(=O)COc6ccccc65)cc43)[C@@H]2C)cc1. The van der Waals surface area contributed by atoms with Crippen LogP contribution in [0.25, 0.3) is 0 Å². The Morgan fingerprint density at radius 3 is 2.40 bits per heavy atom. The standard InChI is InChI=1S/C42H45N3O7Si/c1-27-40(53(3,4)32-19-17-31(50-2)18-20-32)37(24-38(47)43-22-10-13-30(43)25-46)52-42(27)33-23-29(44-35-14-8-9-15-36(35)51-26-39(44)48)16-21-34(33)45(41(42)49)28-11-6-5-7-12-28/h5-9,11-12,14-21,23,27,30,37,40,46H,10,13,22,24-26H2,1-4H3/t27-,30+,37+,40-,42+/m1/s1. The minimum Gasteiger partial charge on any atom is -0.497 e. The average Bonchev–Trinajstić information content (AvgIpc) is 3.85. The van der Waals surface area contributed by atoms with E-state index in [1.54, 1.807) is 21.8 Å². The van der Waals surface area contributed by atoms with Crippen LogP contribution in [-0.4, -0.2) is 74.8 Å². The van der Waals surface area contributed by atoms with Gasteiger partial charge in [-0.3, -0.25) is 24.2 Å². The van der Waals surface area contributed by atoms with E-state index in [9.17, 15) is 14.7 Å². The lowest BCUT2D eigenvalue weighted by molar-refractivity contribution is -0.149. The first-order valence-corrected chi connectivity index (χ1v) is 21.5. The van der Waals surface area contributed by atoms with E-state index in [1.807, 2.05) is 84.9 Å². The van der Waals surface area contributed by atoms with Crippen LogP contribution in [-0.2, 0) is 24.7 Å². The largest absolute Gasteiger partial charge is 0.497 e. The van der Waals surface area contributed by atoms with Crippen LogP contribution < -0.4 is 24.5 Å². The molecule has 4 aliphatic heterocycles. The van der Waals surface area contributed by atoms with Crippen LogP contribution in [0.5, 0.6) is 11.5 Å². The predicted molar refractivity (Wildman–Crippen MR) is 205 cm³/mol.